The van der Waals surface area contributed by atoms with Crippen molar-refractivity contribution >= 4 is 28.0 Å². The van der Waals surface area contributed by atoms with Crippen LogP contribution in [0.4, 0.5) is 9.18 Å². The van der Waals surface area contributed by atoms with E-state index < -0.39 is 29.4 Å². The van der Waals surface area contributed by atoms with Crippen LogP contribution in [-0.2, 0) is 14.3 Å². The van der Waals surface area contributed by atoms with Gasteiger partial charge in [0.15, 0.2) is 0 Å². The maximum atomic E-state index is 14.4. The van der Waals surface area contributed by atoms with Gasteiger partial charge in [-0.15, -0.1) is 0 Å². The standard InChI is InChI=1S/C13H21BrFNO4/c1-12(2,3)20-11(18)16-8-13(15,7-14)6-5-9(16)10(17)19-4/h9H,5-8H2,1-4H3. The highest BCUT2D eigenvalue weighted by Gasteiger charge is 2.45. The average molecular weight is 354 g/mol. The number of methoxy groups -OCH3 is 1. The third kappa shape index (κ3) is 4.33. The Balaban J connectivity index is 2.92. The first-order valence-corrected chi connectivity index (χ1v) is 7.56. The summed E-state index contributed by atoms with van der Waals surface area (Å²) in [7, 11) is 1.25. The molecule has 116 valence electrons. The summed E-state index contributed by atoms with van der Waals surface area (Å²) in [6, 6.07) is -0.794. The summed E-state index contributed by atoms with van der Waals surface area (Å²) < 4.78 is 24.4. The molecule has 5 nitrogen and oxygen atoms in total. The van der Waals surface area contributed by atoms with Crippen molar-refractivity contribution in [1.82, 2.24) is 4.90 Å². The molecule has 1 aliphatic rings. The molecule has 0 spiro atoms. The normalized spacial score (nSPS) is 27.1. The monoisotopic (exact) mass is 353 g/mol. The Labute approximate surface area is 126 Å². The lowest BCUT2D eigenvalue weighted by molar-refractivity contribution is -0.149. The molecule has 0 saturated carbocycles. The van der Waals surface area contributed by atoms with E-state index in [0.29, 0.717) is 0 Å². The molecule has 1 saturated heterocycles. The third-order valence-electron chi connectivity index (χ3n) is 3.04. The molecule has 1 amide bonds. The number of ether oxygens (including phenoxy) is 2. The van der Waals surface area contributed by atoms with E-state index in [1.165, 1.54) is 7.11 Å². The SMILES string of the molecule is COC(=O)C1CCC(F)(CBr)CN1C(=O)OC(C)(C)C. The first-order valence-electron chi connectivity index (χ1n) is 6.44. The average Bonchev–Trinajstić information content (AvgIpc) is 2.36. The van der Waals surface area contributed by atoms with E-state index in [9.17, 15) is 14.0 Å². The summed E-state index contributed by atoms with van der Waals surface area (Å²) in [4.78, 5) is 25.0. The van der Waals surface area contributed by atoms with Crippen LogP contribution >= 0.6 is 15.9 Å². The first-order chi connectivity index (χ1) is 9.12. The van der Waals surface area contributed by atoms with Crippen LogP contribution in [-0.4, -0.2) is 53.3 Å². The highest BCUT2D eigenvalue weighted by atomic mass is 79.9. The lowest BCUT2D eigenvalue weighted by atomic mass is 9.92. The van der Waals surface area contributed by atoms with Crippen molar-refractivity contribution in [2.24, 2.45) is 0 Å². The molecular formula is C13H21BrFNO4. The molecule has 0 aliphatic carbocycles. The molecule has 0 aromatic heterocycles. The number of hydrogen-bond donors (Lipinski definition) is 0. The molecule has 1 aliphatic heterocycles. The quantitative estimate of drug-likeness (QED) is 0.565. The fraction of sp³-hybridized carbons (Fsp3) is 0.846. The number of likely N-dealkylation sites (tertiary alicyclic amines) is 1. The van der Waals surface area contributed by atoms with Crippen molar-refractivity contribution in [3.63, 3.8) is 0 Å². The first kappa shape index (κ1) is 17.2. The number of piperidine rings is 1. The highest BCUT2D eigenvalue weighted by Crippen LogP contribution is 2.32. The second kappa shape index (κ2) is 6.28. The van der Waals surface area contributed by atoms with Gasteiger partial charge in [-0.05, 0) is 33.6 Å². The van der Waals surface area contributed by atoms with Crippen molar-refractivity contribution in [1.29, 1.82) is 0 Å². The van der Waals surface area contributed by atoms with Crippen LogP contribution in [0.1, 0.15) is 33.6 Å². The van der Waals surface area contributed by atoms with E-state index in [-0.39, 0.29) is 24.7 Å². The largest absolute Gasteiger partial charge is 0.467 e. The van der Waals surface area contributed by atoms with Crippen LogP contribution in [0.2, 0.25) is 0 Å². The maximum Gasteiger partial charge on any atom is 0.411 e. The van der Waals surface area contributed by atoms with Gasteiger partial charge in [-0.1, -0.05) is 15.9 Å². The van der Waals surface area contributed by atoms with Crippen molar-refractivity contribution < 1.29 is 23.5 Å². The van der Waals surface area contributed by atoms with Crippen LogP contribution in [0.3, 0.4) is 0 Å². The van der Waals surface area contributed by atoms with Crippen LogP contribution in [0, 0.1) is 0 Å². The van der Waals surface area contributed by atoms with Crippen LogP contribution in [0.5, 0.6) is 0 Å². The number of carbonyl (C=O) groups is 2. The Kier molecular flexibility index (Phi) is 5.40. The number of hydrogen-bond acceptors (Lipinski definition) is 4. The van der Waals surface area contributed by atoms with Crippen molar-refractivity contribution in [2.75, 3.05) is 19.0 Å². The number of esters is 1. The summed E-state index contributed by atoms with van der Waals surface area (Å²) in [5.74, 6) is -0.549. The number of carbonyl (C=O) groups excluding carboxylic acids is 2. The van der Waals surface area contributed by atoms with Crippen LogP contribution in [0.25, 0.3) is 0 Å². The van der Waals surface area contributed by atoms with Gasteiger partial charge in [-0.3, -0.25) is 4.90 Å². The number of amides is 1. The summed E-state index contributed by atoms with van der Waals surface area (Å²) in [5.41, 5.74) is -2.26. The molecule has 2 atom stereocenters. The van der Waals surface area contributed by atoms with Crippen molar-refractivity contribution in [3.05, 3.63) is 0 Å². The zero-order chi connectivity index (χ0) is 15.6. The Morgan fingerprint density at radius 1 is 1.45 bits per heavy atom. The fourth-order valence-electron chi connectivity index (χ4n) is 2.05. The lowest BCUT2D eigenvalue weighted by Crippen LogP contribution is -2.57. The smallest absolute Gasteiger partial charge is 0.411 e. The highest BCUT2D eigenvalue weighted by molar-refractivity contribution is 9.09. The minimum Gasteiger partial charge on any atom is -0.467 e. The number of alkyl halides is 2. The third-order valence-corrected chi connectivity index (χ3v) is 4.04. The predicted molar refractivity (Wildman–Crippen MR) is 75.6 cm³/mol. The van der Waals surface area contributed by atoms with Crippen molar-refractivity contribution in [2.45, 2.75) is 50.9 Å². The van der Waals surface area contributed by atoms with E-state index in [1.54, 1.807) is 20.8 Å². The van der Waals surface area contributed by atoms with E-state index in [1.807, 2.05) is 0 Å². The molecule has 1 fully saturated rings. The number of nitrogens with zero attached hydrogens (tertiary/aromatic N) is 1. The molecule has 20 heavy (non-hydrogen) atoms. The second-order valence-corrected chi connectivity index (χ2v) is 6.53. The van der Waals surface area contributed by atoms with Gasteiger partial charge in [0.1, 0.15) is 17.3 Å². The molecule has 0 bridgehead atoms. The molecule has 0 aromatic carbocycles. The Morgan fingerprint density at radius 2 is 2.05 bits per heavy atom. The van der Waals surface area contributed by atoms with Gasteiger partial charge in [0.2, 0.25) is 0 Å². The minimum absolute atomic E-state index is 0.104. The molecule has 1 rings (SSSR count). The fourth-order valence-corrected chi connectivity index (χ4v) is 2.51. The van der Waals surface area contributed by atoms with Gasteiger partial charge >= 0.3 is 12.1 Å². The number of rotatable bonds is 2. The molecule has 0 aromatic rings. The summed E-state index contributed by atoms with van der Waals surface area (Å²) in [6.07, 6.45) is -0.290. The molecule has 0 radical (unpaired) electrons. The summed E-state index contributed by atoms with van der Waals surface area (Å²) >= 11 is 3.11. The maximum absolute atomic E-state index is 14.4. The van der Waals surface area contributed by atoms with Gasteiger partial charge in [-0.25, -0.2) is 14.0 Å². The Morgan fingerprint density at radius 3 is 2.50 bits per heavy atom. The van der Waals surface area contributed by atoms with Gasteiger partial charge in [0, 0.05) is 5.33 Å². The van der Waals surface area contributed by atoms with E-state index in [4.69, 9.17) is 4.74 Å². The molecule has 2 unspecified atom stereocenters. The zero-order valence-corrected chi connectivity index (χ0v) is 13.8. The minimum atomic E-state index is -1.55. The van der Waals surface area contributed by atoms with Gasteiger partial charge in [0.25, 0.3) is 0 Å². The number of halogens is 2. The van der Waals surface area contributed by atoms with Gasteiger partial charge in [-0.2, -0.15) is 0 Å². The van der Waals surface area contributed by atoms with Gasteiger partial charge in [0.05, 0.1) is 13.7 Å². The molecule has 1 heterocycles. The lowest BCUT2D eigenvalue weighted by Gasteiger charge is -2.41. The zero-order valence-electron chi connectivity index (χ0n) is 12.2. The predicted octanol–water partition coefficient (Wildman–Crippen LogP) is 2.66. The Hall–Kier alpha value is -0.850. The van der Waals surface area contributed by atoms with E-state index in [0.717, 1.165) is 4.90 Å². The molecular weight excluding hydrogens is 333 g/mol. The summed E-state index contributed by atoms with van der Waals surface area (Å²) in [6.45, 7) is 4.96. The molecule has 0 N–H and O–H groups in total. The van der Waals surface area contributed by atoms with Crippen molar-refractivity contribution in [3.8, 4) is 0 Å². The van der Waals surface area contributed by atoms with E-state index in [2.05, 4.69) is 20.7 Å². The van der Waals surface area contributed by atoms with E-state index >= 15 is 0 Å². The topological polar surface area (TPSA) is 55.8 Å². The molecule has 7 heteroatoms. The van der Waals surface area contributed by atoms with Crippen LogP contribution < -0.4 is 0 Å². The Bertz CT molecular complexity index is 385. The van der Waals surface area contributed by atoms with Gasteiger partial charge < -0.3 is 9.47 Å². The van der Waals surface area contributed by atoms with Crippen LogP contribution in [0.15, 0.2) is 0 Å². The summed E-state index contributed by atoms with van der Waals surface area (Å²) in [5, 5.41) is 0.104. The second-order valence-electron chi connectivity index (χ2n) is 5.97.